The van der Waals surface area contributed by atoms with Crippen molar-refractivity contribution in [3.63, 3.8) is 0 Å². The van der Waals surface area contributed by atoms with Crippen molar-refractivity contribution < 1.29 is 19.1 Å². The van der Waals surface area contributed by atoms with E-state index < -0.39 is 17.7 Å². The van der Waals surface area contributed by atoms with Gasteiger partial charge in [-0.05, 0) is 38.3 Å². The molecule has 7 nitrogen and oxygen atoms in total. The summed E-state index contributed by atoms with van der Waals surface area (Å²) in [5.41, 5.74) is 1.40. The number of carbonyl (C=O) groups is 3. The number of amides is 3. The first kappa shape index (κ1) is 26.0. The molecule has 0 aliphatic carbocycles. The Morgan fingerprint density at radius 2 is 1.78 bits per heavy atom. The zero-order chi connectivity index (χ0) is 23.7. The Bertz CT molecular complexity index is 774. The third-order valence-electron chi connectivity index (χ3n) is 6.42. The van der Waals surface area contributed by atoms with E-state index in [1.54, 1.807) is 0 Å². The van der Waals surface area contributed by atoms with Gasteiger partial charge in [-0.25, -0.2) is 9.69 Å². The van der Waals surface area contributed by atoms with E-state index in [1.807, 2.05) is 52.0 Å². The second-order valence-electron chi connectivity index (χ2n) is 8.55. The Kier molecular flexibility index (Phi) is 9.84. The van der Waals surface area contributed by atoms with E-state index in [9.17, 15) is 14.4 Å². The van der Waals surface area contributed by atoms with Crippen LogP contribution in [0.4, 0.5) is 4.79 Å². The van der Waals surface area contributed by atoms with Gasteiger partial charge in [0, 0.05) is 13.0 Å². The van der Waals surface area contributed by atoms with Crippen molar-refractivity contribution in [3.05, 3.63) is 35.4 Å². The molecule has 1 aliphatic rings. The molecule has 2 atom stereocenters. The van der Waals surface area contributed by atoms with E-state index in [1.165, 1.54) is 4.90 Å². The molecule has 32 heavy (non-hydrogen) atoms. The van der Waals surface area contributed by atoms with E-state index in [-0.39, 0.29) is 24.3 Å². The van der Waals surface area contributed by atoms with Gasteiger partial charge in [-0.1, -0.05) is 63.9 Å². The number of Topliss-reactive ketones (excluding diaryl/α,β-unsaturated/α-hetero) is 1. The van der Waals surface area contributed by atoms with Crippen LogP contribution in [-0.4, -0.2) is 48.5 Å². The van der Waals surface area contributed by atoms with E-state index in [0.717, 1.165) is 30.5 Å². The van der Waals surface area contributed by atoms with E-state index in [0.29, 0.717) is 25.8 Å². The summed E-state index contributed by atoms with van der Waals surface area (Å²) in [5.74, 6) is -0.278. The molecule has 0 radical (unpaired) electrons. The number of rotatable bonds is 13. The highest BCUT2D eigenvalue weighted by Gasteiger charge is 2.62. The fourth-order valence-electron chi connectivity index (χ4n) is 4.24. The normalized spacial score (nSPS) is 18.2. The quantitative estimate of drug-likeness (QED) is 0.352. The van der Waals surface area contributed by atoms with E-state index in [4.69, 9.17) is 4.74 Å². The number of hydrogen-bond acceptors (Lipinski definition) is 5. The monoisotopic (exact) mass is 445 g/mol. The fraction of sp³-hybridized carbons (Fsp3) is 0.640. The number of ether oxygens (including phenoxy) is 1. The first-order valence-electron chi connectivity index (χ1n) is 11.9. The summed E-state index contributed by atoms with van der Waals surface area (Å²) in [6.07, 6.45) is 2.39. The molecule has 2 unspecified atom stereocenters. The summed E-state index contributed by atoms with van der Waals surface area (Å²) < 4.78 is 5.90. The minimum Gasteiger partial charge on any atom is -0.349 e. The lowest BCUT2D eigenvalue weighted by molar-refractivity contribution is -0.210. The summed E-state index contributed by atoms with van der Waals surface area (Å²) in [7, 11) is 0. The molecule has 178 valence electrons. The molecule has 1 saturated heterocycles. The van der Waals surface area contributed by atoms with Crippen LogP contribution < -0.4 is 10.6 Å². The zero-order valence-electron chi connectivity index (χ0n) is 20.2. The number of carbonyl (C=O) groups excluding carboxylic acids is 3. The first-order valence-corrected chi connectivity index (χ1v) is 11.9. The van der Waals surface area contributed by atoms with Crippen LogP contribution in [0, 0.1) is 12.3 Å². The van der Waals surface area contributed by atoms with Gasteiger partial charge in [-0.3, -0.25) is 9.59 Å². The highest BCUT2D eigenvalue weighted by atomic mass is 16.5. The largest absolute Gasteiger partial charge is 0.349 e. The van der Waals surface area contributed by atoms with E-state index in [2.05, 4.69) is 17.6 Å². The molecule has 2 N–H and O–H groups in total. The maximum atomic E-state index is 13.2. The van der Waals surface area contributed by atoms with Crippen molar-refractivity contribution in [2.24, 2.45) is 5.41 Å². The van der Waals surface area contributed by atoms with Gasteiger partial charge >= 0.3 is 6.03 Å². The molecule has 1 aromatic rings. The van der Waals surface area contributed by atoms with Crippen LogP contribution in [0.3, 0.4) is 0 Å². The maximum absolute atomic E-state index is 13.2. The SMILES string of the molecule is CCCC(NC(=O)N1C(=O)C(CC)(CC)C1OCC(=O)CCNCC)c1ccc(C)cc1. The van der Waals surface area contributed by atoms with Crippen LogP contribution in [0.1, 0.15) is 77.0 Å². The van der Waals surface area contributed by atoms with Gasteiger partial charge in [-0.2, -0.15) is 0 Å². The minimum atomic E-state index is -0.761. The average molecular weight is 446 g/mol. The van der Waals surface area contributed by atoms with Gasteiger partial charge in [0.1, 0.15) is 6.61 Å². The van der Waals surface area contributed by atoms with Crippen molar-refractivity contribution in [2.75, 3.05) is 19.7 Å². The Labute approximate surface area is 192 Å². The summed E-state index contributed by atoms with van der Waals surface area (Å²) >= 11 is 0. The summed E-state index contributed by atoms with van der Waals surface area (Å²) in [6, 6.07) is 7.39. The molecule has 1 aliphatic heterocycles. The van der Waals surface area contributed by atoms with Gasteiger partial charge in [0.05, 0.1) is 11.5 Å². The van der Waals surface area contributed by atoms with Crippen LogP contribution in [0.2, 0.25) is 0 Å². The molecule has 1 heterocycles. The highest BCUT2D eigenvalue weighted by Crippen LogP contribution is 2.46. The number of urea groups is 1. The van der Waals surface area contributed by atoms with E-state index >= 15 is 0 Å². The topological polar surface area (TPSA) is 87.7 Å². The standard InChI is InChI=1S/C25H39N3O4/c1-6-10-21(19-13-11-18(5)12-14-19)27-24(31)28-22(30)25(7-2,8-3)23(28)32-17-20(29)15-16-26-9-4/h11-14,21,23,26H,6-10,15-17H2,1-5H3,(H,27,31). The number of aryl methyl sites for hydroxylation is 1. The molecular weight excluding hydrogens is 406 g/mol. The van der Waals surface area contributed by atoms with Crippen molar-refractivity contribution in [2.45, 2.75) is 79.0 Å². The highest BCUT2D eigenvalue weighted by molar-refractivity contribution is 6.03. The number of imide groups is 1. The van der Waals surface area contributed by atoms with Crippen molar-refractivity contribution in [1.29, 1.82) is 0 Å². The lowest BCUT2D eigenvalue weighted by atomic mass is 9.72. The van der Waals surface area contributed by atoms with Gasteiger partial charge < -0.3 is 15.4 Å². The number of β-lactam (4-membered cyclic amide) rings is 1. The van der Waals surface area contributed by atoms with Gasteiger partial charge in [0.2, 0.25) is 5.91 Å². The fourth-order valence-corrected chi connectivity index (χ4v) is 4.24. The number of likely N-dealkylation sites (tertiary alicyclic amines) is 1. The molecule has 1 fully saturated rings. The Hall–Kier alpha value is -2.25. The minimum absolute atomic E-state index is 0.0460. The van der Waals surface area contributed by atoms with Crippen molar-refractivity contribution in [3.8, 4) is 0 Å². The molecule has 0 spiro atoms. The summed E-state index contributed by atoms with van der Waals surface area (Å²) in [6.45, 7) is 11.2. The van der Waals surface area contributed by atoms with Crippen molar-refractivity contribution in [1.82, 2.24) is 15.5 Å². The average Bonchev–Trinajstić information content (AvgIpc) is 2.78. The Morgan fingerprint density at radius 1 is 1.12 bits per heavy atom. The number of ketones is 1. The lowest BCUT2D eigenvalue weighted by Gasteiger charge is -2.53. The predicted molar refractivity (Wildman–Crippen MR) is 125 cm³/mol. The van der Waals surface area contributed by atoms with Crippen LogP contribution in [0.5, 0.6) is 0 Å². The summed E-state index contributed by atoms with van der Waals surface area (Å²) in [4.78, 5) is 39.6. The van der Waals surface area contributed by atoms with Gasteiger partial charge in [0.15, 0.2) is 12.0 Å². The second-order valence-corrected chi connectivity index (χ2v) is 8.55. The predicted octanol–water partition coefficient (Wildman–Crippen LogP) is 4.11. The lowest BCUT2D eigenvalue weighted by Crippen LogP contribution is -2.72. The first-order chi connectivity index (χ1) is 15.3. The third kappa shape index (κ3) is 5.75. The van der Waals surface area contributed by atoms with Gasteiger partial charge in [0.25, 0.3) is 0 Å². The number of benzene rings is 1. The smallest absolute Gasteiger partial charge is 0.326 e. The Balaban J connectivity index is 2.12. The van der Waals surface area contributed by atoms with Crippen LogP contribution >= 0.6 is 0 Å². The molecule has 2 rings (SSSR count). The zero-order valence-corrected chi connectivity index (χ0v) is 20.2. The maximum Gasteiger partial charge on any atom is 0.326 e. The number of nitrogens with one attached hydrogen (secondary N) is 2. The molecule has 3 amide bonds. The Morgan fingerprint density at radius 3 is 2.34 bits per heavy atom. The molecular formula is C25H39N3O4. The molecule has 0 aromatic heterocycles. The van der Waals surface area contributed by atoms with Crippen LogP contribution in [0.15, 0.2) is 24.3 Å². The molecule has 1 aromatic carbocycles. The molecule has 0 saturated carbocycles. The van der Waals surface area contributed by atoms with Crippen LogP contribution in [-0.2, 0) is 14.3 Å². The summed E-state index contributed by atoms with van der Waals surface area (Å²) in [5, 5.41) is 6.14. The third-order valence-corrected chi connectivity index (χ3v) is 6.42. The number of nitrogens with zero attached hydrogens (tertiary/aromatic N) is 1. The van der Waals surface area contributed by atoms with Gasteiger partial charge in [-0.15, -0.1) is 0 Å². The number of hydrogen-bond donors (Lipinski definition) is 2. The molecule has 0 bridgehead atoms. The van der Waals surface area contributed by atoms with Crippen LogP contribution in [0.25, 0.3) is 0 Å². The molecule has 7 heteroatoms. The second kappa shape index (κ2) is 12.1. The van der Waals surface area contributed by atoms with Crippen molar-refractivity contribution >= 4 is 17.7 Å².